The van der Waals surface area contributed by atoms with Gasteiger partial charge in [-0.1, -0.05) is 11.6 Å². The number of halogens is 2. The minimum atomic E-state index is -0.125. The van der Waals surface area contributed by atoms with Crippen molar-refractivity contribution in [3.8, 4) is 5.75 Å². The largest absolute Gasteiger partial charge is 0.487 e. The number of hydrogen-bond acceptors (Lipinski definition) is 4. The number of aromatic nitrogens is 1. The lowest BCUT2D eigenvalue weighted by atomic mass is 10.1. The number of piperidine rings is 1. The fraction of sp³-hybridized carbons (Fsp3) is 0.333. The summed E-state index contributed by atoms with van der Waals surface area (Å²) in [5, 5.41) is 0.473. The molecule has 7 heteroatoms. The molecule has 2 aromatic rings. The van der Waals surface area contributed by atoms with Gasteiger partial charge in [0.25, 0.3) is 5.91 Å². The standard InChI is InChI=1S/C15H14BrClN2O3/c16-14-4-3-13(22-14)15(20)19-7-1-2-10(9-19)21-12-5-6-18-8-11(12)17/h3-6,8,10H,1-2,7,9H2/t10-/m1/s1. The zero-order valence-electron chi connectivity index (χ0n) is 11.7. The minimum Gasteiger partial charge on any atom is -0.487 e. The molecule has 1 aliphatic rings. The van der Waals surface area contributed by atoms with Gasteiger partial charge in [0.05, 0.1) is 6.54 Å². The summed E-state index contributed by atoms with van der Waals surface area (Å²) in [5.74, 6) is 0.797. The molecule has 3 heterocycles. The van der Waals surface area contributed by atoms with E-state index in [1.165, 1.54) is 0 Å². The molecule has 0 N–H and O–H groups in total. The van der Waals surface area contributed by atoms with Gasteiger partial charge in [0.15, 0.2) is 10.4 Å². The van der Waals surface area contributed by atoms with E-state index < -0.39 is 0 Å². The Morgan fingerprint density at radius 1 is 1.45 bits per heavy atom. The highest BCUT2D eigenvalue weighted by atomic mass is 79.9. The highest BCUT2D eigenvalue weighted by Gasteiger charge is 2.27. The van der Waals surface area contributed by atoms with Gasteiger partial charge < -0.3 is 14.1 Å². The second-order valence-electron chi connectivity index (χ2n) is 5.04. The molecule has 1 fully saturated rings. The number of carbonyl (C=O) groups is 1. The molecule has 0 aliphatic carbocycles. The molecule has 0 unspecified atom stereocenters. The Morgan fingerprint density at radius 2 is 2.32 bits per heavy atom. The van der Waals surface area contributed by atoms with Crippen molar-refractivity contribution in [1.29, 1.82) is 0 Å². The van der Waals surface area contributed by atoms with Crippen LogP contribution in [0.4, 0.5) is 0 Å². The van der Waals surface area contributed by atoms with Gasteiger partial charge >= 0.3 is 0 Å². The van der Waals surface area contributed by atoms with Crippen molar-refractivity contribution in [1.82, 2.24) is 9.88 Å². The summed E-state index contributed by atoms with van der Waals surface area (Å²) in [6, 6.07) is 5.10. The molecular weight excluding hydrogens is 372 g/mol. The molecule has 2 aromatic heterocycles. The first-order valence-electron chi connectivity index (χ1n) is 6.94. The SMILES string of the molecule is O=C(c1ccc(Br)o1)N1CCC[C@@H](Oc2ccncc2Cl)C1. The minimum absolute atomic E-state index is 0.0870. The van der Waals surface area contributed by atoms with Crippen LogP contribution in [0.1, 0.15) is 23.4 Å². The fourth-order valence-electron chi connectivity index (χ4n) is 2.44. The van der Waals surface area contributed by atoms with Crippen molar-refractivity contribution < 1.29 is 13.9 Å². The van der Waals surface area contributed by atoms with Crippen LogP contribution in [0.15, 0.2) is 39.7 Å². The molecule has 1 aliphatic heterocycles. The fourth-order valence-corrected chi connectivity index (χ4v) is 2.91. The van der Waals surface area contributed by atoms with E-state index in [-0.39, 0.29) is 12.0 Å². The molecule has 0 saturated carbocycles. The van der Waals surface area contributed by atoms with Gasteiger partial charge in [-0.15, -0.1) is 0 Å². The molecule has 0 aromatic carbocycles. The summed E-state index contributed by atoms with van der Waals surface area (Å²) in [6.45, 7) is 1.21. The first kappa shape index (κ1) is 15.4. The van der Waals surface area contributed by atoms with Crippen LogP contribution in [0, 0.1) is 0 Å². The van der Waals surface area contributed by atoms with E-state index in [0.717, 1.165) is 12.8 Å². The quantitative estimate of drug-likeness (QED) is 0.807. The number of ether oxygens (including phenoxy) is 1. The van der Waals surface area contributed by atoms with Crippen LogP contribution in [-0.2, 0) is 0 Å². The zero-order chi connectivity index (χ0) is 15.5. The number of hydrogen-bond donors (Lipinski definition) is 0. The van der Waals surface area contributed by atoms with Crippen LogP contribution < -0.4 is 4.74 Å². The summed E-state index contributed by atoms with van der Waals surface area (Å²) in [4.78, 5) is 18.1. The highest BCUT2D eigenvalue weighted by molar-refractivity contribution is 9.10. The number of furan rings is 1. The Morgan fingerprint density at radius 3 is 3.05 bits per heavy atom. The predicted molar refractivity (Wildman–Crippen MR) is 85.2 cm³/mol. The van der Waals surface area contributed by atoms with E-state index in [4.69, 9.17) is 20.8 Å². The lowest BCUT2D eigenvalue weighted by Crippen LogP contribution is -2.44. The van der Waals surface area contributed by atoms with Crippen LogP contribution in [-0.4, -0.2) is 35.0 Å². The molecule has 0 spiro atoms. The Bertz CT molecular complexity index is 676. The van der Waals surface area contributed by atoms with Crippen LogP contribution >= 0.6 is 27.5 Å². The first-order valence-corrected chi connectivity index (χ1v) is 8.11. The maximum atomic E-state index is 12.4. The van der Waals surface area contributed by atoms with E-state index >= 15 is 0 Å². The Kier molecular flexibility index (Phi) is 4.69. The van der Waals surface area contributed by atoms with Gasteiger partial charge in [0.1, 0.15) is 16.9 Å². The van der Waals surface area contributed by atoms with Crippen molar-refractivity contribution in [2.45, 2.75) is 18.9 Å². The normalized spacial score (nSPS) is 18.3. The molecule has 5 nitrogen and oxygen atoms in total. The molecular formula is C15H14BrClN2O3. The Labute approximate surface area is 141 Å². The van der Waals surface area contributed by atoms with Gasteiger partial charge in [0.2, 0.25) is 0 Å². The van der Waals surface area contributed by atoms with Gasteiger partial charge in [-0.25, -0.2) is 0 Å². The molecule has 1 atom stereocenters. The third kappa shape index (κ3) is 3.44. The van der Waals surface area contributed by atoms with Crippen LogP contribution in [0.2, 0.25) is 5.02 Å². The third-order valence-corrected chi connectivity index (χ3v) is 4.19. The predicted octanol–water partition coefficient (Wildman–Crippen LogP) is 3.77. The van der Waals surface area contributed by atoms with E-state index in [1.807, 2.05) is 0 Å². The molecule has 3 rings (SSSR count). The maximum absolute atomic E-state index is 12.4. The van der Waals surface area contributed by atoms with Crippen molar-refractivity contribution in [3.63, 3.8) is 0 Å². The van der Waals surface area contributed by atoms with Gasteiger partial charge in [0, 0.05) is 25.0 Å². The molecule has 1 amide bonds. The summed E-state index contributed by atoms with van der Waals surface area (Å²) < 4.78 is 11.8. The molecule has 116 valence electrons. The van der Waals surface area contributed by atoms with Crippen molar-refractivity contribution in [3.05, 3.63) is 46.0 Å². The third-order valence-electron chi connectivity index (χ3n) is 3.48. The highest BCUT2D eigenvalue weighted by Crippen LogP contribution is 2.26. The van der Waals surface area contributed by atoms with Gasteiger partial charge in [-0.05, 0) is 40.9 Å². The summed E-state index contributed by atoms with van der Waals surface area (Å²) in [7, 11) is 0. The Balaban J connectivity index is 1.67. The second kappa shape index (κ2) is 6.71. The average molecular weight is 386 g/mol. The molecule has 0 radical (unpaired) electrons. The summed E-state index contributed by atoms with van der Waals surface area (Å²) in [6.07, 6.45) is 4.85. The number of rotatable bonds is 3. The number of amides is 1. The zero-order valence-corrected chi connectivity index (χ0v) is 14.0. The van der Waals surface area contributed by atoms with E-state index in [1.54, 1.807) is 35.5 Å². The average Bonchev–Trinajstić information content (AvgIpc) is 2.96. The number of carbonyl (C=O) groups excluding carboxylic acids is 1. The van der Waals surface area contributed by atoms with E-state index in [0.29, 0.717) is 34.3 Å². The van der Waals surface area contributed by atoms with Crippen LogP contribution in [0.3, 0.4) is 0 Å². The van der Waals surface area contributed by atoms with Crippen molar-refractivity contribution >= 4 is 33.4 Å². The van der Waals surface area contributed by atoms with E-state index in [9.17, 15) is 4.79 Å². The molecule has 1 saturated heterocycles. The second-order valence-corrected chi connectivity index (χ2v) is 6.23. The monoisotopic (exact) mass is 384 g/mol. The van der Waals surface area contributed by atoms with Crippen molar-refractivity contribution in [2.75, 3.05) is 13.1 Å². The molecule has 22 heavy (non-hydrogen) atoms. The van der Waals surface area contributed by atoms with Crippen LogP contribution in [0.25, 0.3) is 0 Å². The van der Waals surface area contributed by atoms with E-state index in [2.05, 4.69) is 20.9 Å². The first-order chi connectivity index (χ1) is 10.6. The number of pyridine rings is 1. The lowest BCUT2D eigenvalue weighted by Gasteiger charge is -2.32. The smallest absolute Gasteiger partial charge is 0.289 e. The number of nitrogens with zero attached hydrogens (tertiary/aromatic N) is 2. The summed E-state index contributed by atoms with van der Waals surface area (Å²) >= 11 is 9.26. The topological polar surface area (TPSA) is 55.6 Å². The lowest BCUT2D eigenvalue weighted by molar-refractivity contribution is 0.0509. The van der Waals surface area contributed by atoms with Crippen molar-refractivity contribution in [2.24, 2.45) is 0 Å². The van der Waals surface area contributed by atoms with Crippen LogP contribution in [0.5, 0.6) is 5.75 Å². The summed E-state index contributed by atoms with van der Waals surface area (Å²) in [5.41, 5.74) is 0. The Hall–Kier alpha value is -1.53. The molecule has 0 bridgehead atoms. The van der Waals surface area contributed by atoms with Gasteiger partial charge in [-0.2, -0.15) is 0 Å². The maximum Gasteiger partial charge on any atom is 0.289 e. The van der Waals surface area contributed by atoms with Gasteiger partial charge in [-0.3, -0.25) is 9.78 Å². The number of likely N-dealkylation sites (tertiary alicyclic amines) is 1.